The number of fused-ring (bicyclic) bond motifs is 1. The van der Waals surface area contributed by atoms with Gasteiger partial charge in [0.1, 0.15) is 10.9 Å². The molecule has 0 saturated heterocycles. The van der Waals surface area contributed by atoms with Gasteiger partial charge in [0, 0.05) is 23.5 Å². The van der Waals surface area contributed by atoms with E-state index in [1.807, 2.05) is 6.26 Å². The number of carboxylic acids is 1. The molecule has 0 spiro atoms. The van der Waals surface area contributed by atoms with Crippen LogP contribution in [0, 0.1) is 5.92 Å². The van der Waals surface area contributed by atoms with Crippen molar-refractivity contribution in [1.82, 2.24) is 19.2 Å². The van der Waals surface area contributed by atoms with E-state index in [1.54, 1.807) is 44.2 Å². The lowest BCUT2D eigenvalue weighted by Gasteiger charge is -2.32. The summed E-state index contributed by atoms with van der Waals surface area (Å²) in [5, 5.41) is 10.5. The lowest BCUT2D eigenvalue weighted by Crippen LogP contribution is -2.43. The zero-order valence-corrected chi connectivity index (χ0v) is 16.8. The number of aliphatic imine (C=N–C) groups is 1. The van der Waals surface area contributed by atoms with E-state index in [4.69, 9.17) is 0 Å². The average molecular weight is 403 g/mol. The van der Waals surface area contributed by atoms with Crippen LogP contribution in [0.3, 0.4) is 0 Å². The molecule has 0 aromatic carbocycles. The quantitative estimate of drug-likeness (QED) is 0.751. The summed E-state index contributed by atoms with van der Waals surface area (Å²) in [6.45, 7) is 1.62. The van der Waals surface area contributed by atoms with Crippen molar-refractivity contribution in [2.45, 2.75) is 18.0 Å². The molecule has 2 atom stereocenters. The van der Waals surface area contributed by atoms with E-state index in [1.165, 1.54) is 22.5 Å². The third-order valence-electron chi connectivity index (χ3n) is 4.50. The number of likely N-dealkylation sites (N-methyl/N-ethyl adjacent to an activating group) is 1. The summed E-state index contributed by atoms with van der Waals surface area (Å²) >= 11 is 1.37. The Morgan fingerprint density at radius 3 is 2.68 bits per heavy atom. The van der Waals surface area contributed by atoms with Gasteiger partial charge < -0.3 is 10.0 Å². The van der Waals surface area contributed by atoms with Crippen LogP contribution in [-0.2, 0) is 4.79 Å². The van der Waals surface area contributed by atoms with Crippen LogP contribution in [0.25, 0.3) is 0 Å². The highest BCUT2D eigenvalue weighted by Gasteiger charge is 2.41. The topological polar surface area (TPSA) is 110 Å². The third kappa shape index (κ3) is 3.40. The minimum atomic E-state index is -1.08. The average Bonchev–Trinajstić information content (AvgIpc) is 2.94. The van der Waals surface area contributed by atoms with Crippen molar-refractivity contribution in [3.05, 3.63) is 40.3 Å². The highest BCUT2D eigenvalue weighted by Crippen LogP contribution is 2.39. The second-order valence-corrected chi connectivity index (χ2v) is 7.54. The van der Waals surface area contributed by atoms with Gasteiger partial charge in [-0.2, -0.15) is 4.68 Å². The first-order chi connectivity index (χ1) is 13.3. The maximum atomic E-state index is 12.8. The number of hydrogen-bond donors (Lipinski definition) is 1. The summed E-state index contributed by atoms with van der Waals surface area (Å²) in [5.74, 6) is -2.32. The summed E-state index contributed by atoms with van der Waals surface area (Å²) in [6, 6.07) is 3.92. The third-order valence-corrected chi connectivity index (χ3v) is 5.23. The number of hydrogen-bond acceptors (Lipinski definition) is 7. The molecule has 0 aliphatic carbocycles. The molecule has 1 N–H and O–H groups in total. The zero-order chi connectivity index (χ0) is 20.6. The lowest BCUT2D eigenvalue weighted by atomic mass is 9.89. The zero-order valence-electron chi connectivity index (χ0n) is 16.0. The van der Waals surface area contributed by atoms with Gasteiger partial charge in [-0.05, 0) is 33.3 Å². The standard InChI is InChI=1S/C18H21N5O4S/c1-10-15(18(26)27)16(11-6-5-7-19-17(11)28-4)22-12(20-10)8-13(24)23(22)14(25)9-21(2)3/h5-8,15-16H,9H2,1-4H3,(H,26,27). The molecule has 9 nitrogen and oxygen atoms in total. The molecule has 0 radical (unpaired) electrons. The van der Waals surface area contributed by atoms with E-state index in [0.717, 1.165) is 4.68 Å². The fourth-order valence-corrected chi connectivity index (χ4v) is 4.01. The Morgan fingerprint density at radius 2 is 2.07 bits per heavy atom. The molecule has 0 fully saturated rings. The van der Waals surface area contributed by atoms with Gasteiger partial charge in [0.05, 0.1) is 12.6 Å². The molecule has 1 aliphatic rings. The van der Waals surface area contributed by atoms with Crippen LogP contribution in [0.5, 0.6) is 0 Å². The highest BCUT2D eigenvalue weighted by atomic mass is 32.2. The first kappa shape index (κ1) is 20.0. The summed E-state index contributed by atoms with van der Waals surface area (Å²) in [4.78, 5) is 47.8. The van der Waals surface area contributed by atoms with Crippen LogP contribution >= 0.6 is 11.8 Å². The second kappa shape index (κ2) is 7.72. The number of thioether (sulfide) groups is 1. The molecule has 0 bridgehead atoms. The summed E-state index contributed by atoms with van der Waals surface area (Å²) in [6.07, 6.45) is 3.46. The van der Waals surface area contributed by atoms with E-state index in [-0.39, 0.29) is 12.4 Å². The van der Waals surface area contributed by atoms with Gasteiger partial charge >= 0.3 is 5.97 Å². The molecule has 0 saturated carbocycles. The minimum Gasteiger partial charge on any atom is -0.481 e. The van der Waals surface area contributed by atoms with Crippen molar-refractivity contribution < 1.29 is 14.7 Å². The van der Waals surface area contributed by atoms with Crippen molar-refractivity contribution in [3.63, 3.8) is 0 Å². The summed E-state index contributed by atoms with van der Waals surface area (Å²) in [7, 11) is 3.44. The largest absolute Gasteiger partial charge is 0.481 e. The second-order valence-electron chi connectivity index (χ2n) is 6.74. The molecule has 2 unspecified atom stereocenters. The smallest absolute Gasteiger partial charge is 0.314 e. The van der Waals surface area contributed by atoms with E-state index < -0.39 is 29.4 Å². The Labute approximate surface area is 165 Å². The van der Waals surface area contributed by atoms with E-state index in [0.29, 0.717) is 16.3 Å². The number of carbonyl (C=O) groups is 2. The van der Waals surface area contributed by atoms with Gasteiger partial charge in [0.15, 0.2) is 5.82 Å². The van der Waals surface area contributed by atoms with Crippen molar-refractivity contribution in [2.24, 2.45) is 10.9 Å². The van der Waals surface area contributed by atoms with Gasteiger partial charge in [-0.25, -0.2) is 14.7 Å². The van der Waals surface area contributed by atoms with Crippen molar-refractivity contribution in [3.8, 4) is 0 Å². The molecule has 10 heteroatoms. The van der Waals surface area contributed by atoms with E-state index in [9.17, 15) is 19.5 Å². The van der Waals surface area contributed by atoms with Crippen LogP contribution in [0.2, 0.25) is 0 Å². The first-order valence-electron chi connectivity index (χ1n) is 8.55. The van der Waals surface area contributed by atoms with Gasteiger partial charge in [-0.3, -0.25) is 14.4 Å². The minimum absolute atomic E-state index is 0.00105. The number of aromatic nitrogens is 3. The fourth-order valence-electron chi connectivity index (χ4n) is 3.42. The molecule has 2 aromatic rings. The fraction of sp³-hybridized carbons (Fsp3) is 0.389. The number of carboxylic acid groups (broad SMARTS) is 1. The number of carbonyl (C=O) groups excluding carboxylic acids is 1. The number of rotatable bonds is 5. The van der Waals surface area contributed by atoms with Crippen molar-refractivity contribution in [2.75, 3.05) is 26.9 Å². The monoisotopic (exact) mass is 403 g/mol. The summed E-state index contributed by atoms with van der Waals surface area (Å²) in [5.41, 5.74) is 0.453. The first-order valence-corrected chi connectivity index (χ1v) is 9.78. The maximum absolute atomic E-state index is 12.8. The molecule has 1 aliphatic heterocycles. The normalized spacial score (nSPS) is 18.7. The molecular formula is C18H21N5O4S. The summed E-state index contributed by atoms with van der Waals surface area (Å²) < 4.78 is 2.39. The van der Waals surface area contributed by atoms with Gasteiger partial charge in [0.2, 0.25) is 0 Å². The Morgan fingerprint density at radius 1 is 1.36 bits per heavy atom. The van der Waals surface area contributed by atoms with Crippen LogP contribution in [0.4, 0.5) is 5.82 Å². The number of pyridine rings is 1. The van der Waals surface area contributed by atoms with Gasteiger partial charge in [-0.1, -0.05) is 6.07 Å². The predicted molar refractivity (Wildman–Crippen MR) is 106 cm³/mol. The molecule has 0 amide bonds. The SMILES string of the molecule is CSc1ncccc1C1C(C(=O)O)C(C)=Nc2cc(=O)n(C(=O)CN(C)C)n21. The van der Waals surface area contributed by atoms with E-state index >= 15 is 0 Å². The van der Waals surface area contributed by atoms with Gasteiger partial charge in [0.25, 0.3) is 11.5 Å². The Bertz CT molecular complexity index is 1020. The Balaban J connectivity index is 2.32. The predicted octanol–water partition coefficient (Wildman–Crippen LogP) is 1.36. The lowest BCUT2D eigenvalue weighted by molar-refractivity contribution is -0.140. The van der Waals surface area contributed by atoms with E-state index in [2.05, 4.69) is 9.98 Å². The molecule has 2 aromatic heterocycles. The van der Waals surface area contributed by atoms with Crippen LogP contribution in [-0.4, -0.2) is 68.8 Å². The van der Waals surface area contributed by atoms with Gasteiger partial charge in [-0.15, -0.1) is 11.8 Å². The highest BCUT2D eigenvalue weighted by molar-refractivity contribution is 7.98. The maximum Gasteiger partial charge on any atom is 0.314 e. The number of aliphatic carboxylic acids is 1. The van der Waals surface area contributed by atoms with Crippen LogP contribution < -0.4 is 5.56 Å². The molecule has 28 heavy (non-hydrogen) atoms. The molecular weight excluding hydrogens is 382 g/mol. The molecule has 3 rings (SSSR count). The van der Waals surface area contributed by atoms with Crippen molar-refractivity contribution in [1.29, 1.82) is 0 Å². The van der Waals surface area contributed by atoms with Crippen molar-refractivity contribution >= 4 is 35.2 Å². The number of nitrogens with zero attached hydrogens (tertiary/aromatic N) is 5. The molecule has 148 valence electrons. The van der Waals surface area contributed by atoms with Crippen LogP contribution in [0.15, 0.2) is 39.2 Å². The van der Waals surface area contributed by atoms with Crippen LogP contribution in [0.1, 0.15) is 23.3 Å². The molecule has 3 heterocycles. The Kier molecular flexibility index (Phi) is 5.52. The Hall–Kier alpha value is -2.72.